The van der Waals surface area contributed by atoms with Gasteiger partial charge in [-0.3, -0.25) is 4.90 Å². The van der Waals surface area contributed by atoms with E-state index in [1.165, 1.54) is 12.0 Å². The summed E-state index contributed by atoms with van der Waals surface area (Å²) >= 11 is 0. The van der Waals surface area contributed by atoms with Crippen molar-refractivity contribution in [3.05, 3.63) is 0 Å². The van der Waals surface area contributed by atoms with E-state index in [-0.39, 0.29) is 0 Å². The van der Waals surface area contributed by atoms with Gasteiger partial charge in [0.15, 0.2) is 0 Å². The molecule has 0 aliphatic heterocycles. The topological polar surface area (TPSA) is 55.8 Å². The van der Waals surface area contributed by atoms with Crippen molar-refractivity contribution < 1.29 is 19.1 Å². The van der Waals surface area contributed by atoms with Gasteiger partial charge in [-0.2, -0.15) is 0 Å². The second kappa shape index (κ2) is 7.36. The lowest BCUT2D eigenvalue weighted by atomic mass is 10.0. The first kappa shape index (κ1) is 17.7. The van der Waals surface area contributed by atoms with E-state index in [1.54, 1.807) is 27.8 Å². The number of carbonyl (C=O) groups excluding carboxylic acids is 2. The maximum Gasteiger partial charge on any atom is 0.410 e. The van der Waals surface area contributed by atoms with E-state index in [9.17, 15) is 9.59 Å². The van der Waals surface area contributed by atoms with Crippen LogP contribution in [0.1, 0.15) is 47.5 Å². The summed E-state index contributed by atoms with van der Waals surface area (Å²) in [6.45, 7) is 9.52. The Morgan fingerprint density at radius 3 is 2.05 bits per heavy atom. The molecule has 0 saturated heterocycles. The molecular formula is C14H27NO4. The molecule has 0 spiro atoms. The molecule has 0 aliphatic carbocycles. The molecule has 0 bridgehead atoms. The van der Waals surface area contributed by atoms with Crippen molar-refractivity contribution in [2.45, 2.75) is 59.1 Å². The zero-order valence-electron chi connectivity index (χ0n) is 13.1. The number of hydrogen-bond donors (Lipinski definition) is 0. The monoisotopic (exact) mass is 273 g/mol. The number of esters is 1. The maximum absolute atomic E-state index is 12.0. The van der Waals surface area contributed by atoms with Crippen LogP contribution in [0.5, 0.6) is 0 Å². The van der Waals surface area contributed by atoms with Crippen LogP contribution in [0.15, 0.2) is 0 Å². The highest BCUT2D eigenvalue weighted by Gasteiger charge is 2.30. The summed E-state index contributed by atoms with van der Waals surface area (Å²) in [5.41, 5.74) is -0.579. The van der Waals surface area contributed by atoms with E-state index < -0.39 is 23.7 Å². The van der Waals surface area contributed by atoms with Crippen molar-refractivity contribution in [2.24, 2.45) is 5.92 Å². The smallest absolute Gasteiger partial charge is 0.410 e. The average molecular weight is 273 g/mol. The summed E-state index contributed by atoms with van der Waals surface area (Å²) in [5.74, 6) is 0.0493. The molecule has 0 fully saturated rings. The summed E-state index contributed by atoms with van der Waals surface area (Å²) < 4.78 is 10.0. The molecule has 0 aromatic carbocycles. The first-order valence-corrected chi connectivity index (χ1v) is 6.62. The van der Waals surface area contributed by atoms with Crippen molar-refractivity contribution in [1.29, 1.82) is 0 Å². The minimum atomic E-state index is -0.595. The summed E-state index contributed by atoms with van der Waals surface area (Å²) in [7, 11) is 2.89. The molecule has 5 heteroatoms. The fourth-order valence-corrected chi connectivity index (χ4v) is 1.56. The number of rotatable bonds is 5. The van der Waals surface area contributed by atoms with Gasteiger partial charge in [0, 0.05) is 7.05 Å². The highest BCUT2D eigenvalue weighted by atomic mass is 16.6. The SMILES string of the molecule is COC(=O)C(CCC(C)C)N(C)C(=O)OC(C)(C)C. The number of likely N-dealkylation sites (N-methyl/N-ethyl adjacent to an activating group) is 1. The Balaban J connectivity index is 4.75. The van der Waals surface area contributed by atoms with Crippen LogP contribution >= 0.6 is 0 Å². The zero-order valence-corrected chi connectivity index (χ0v) is 13.1. The summed E-state index contributed by atoms with van der Waals surface area (Å²) in [4.78, 5) is 25.0. The third kappa shape index (κ3) is 7.03. The number of methoxy groups -OCH3 is 1. The number of nitrogens with zero attached hydrogens (tertiary/aromatic N) is 1. The van der Waals surface area contributed by atoms with E-state index in [4.69, 9.17) is 9.47 Å². The number of carbonyl (C=O) groups is 2. The van der Waals surface area contributed by atoms with Gasteiger partial charge in [-0.25, -0.2) is 9.59 Å². The maximum atomic E-state index is 12.0. The number of ether oxygens (including phenoxy) is 2. The van der Waals surface area contributed by atoms with Gasteiger partial charge in [-0.1, -0.05) is 13.8 Å². The van der Waals surface area contributed by atoms with Crippen LogP contribution in [0.2, 0.25) is 0 Å². The fourth-order valence-electron chi connectivity index (χ4n) is 1.56. The van der Waals surface area contributed by atoms with Crippen LogP contribution in [-0.2, 0) is 14.3 Å². The molecule has 1 amide bonds. The molecule has 0 aliphatic rings. The Morgan fingerprint density at radius 1 is 1.16 bits per heavy atom. The molecule has 1 unspecified atom stereocenters. The van der Waals surface area contributed by atoms with Crippen molar-refractivity contribution in [2.75, 3.05) is 14.2 Å². The number of amides is 1. The van der Waals surface area contributed by atoms with Gasteiger partial charge >= 0.3 is 12.1 Å². The summed E-state index contributed by atoms with van der Waals surface area (Å²) in [6, 6.07) is -0.595. The average Bonchev–Trinajstić information content (AvgIpc) is 2.25. The lowest BCUT2D eigenvalue weighted by molar-refractivity contribution is -0.146. The Hall–Kier alpha value is -1.26. The molecule has 0 rings (SSSR count). The van der Waals surface area contributed by atoms with Gasteiger partial charge in [-0.05, 0) is 39.5 Å². The third-order valence-corrected chi connectivity index (χ3v) is 2.64. The Bertz CT molecular complexity index is 307. The van der Waals surface area contributed by atoms with Crippen LogP contribution in [0, 0.1) is 5.92 Å². The predicted octanol–water partition coefficient (Wildman–Crippen LogP) is 2.83. The normalized spacial score (nSPS) is 13.1. The lowest BCUT2D eigenvalue weighted by Crippen LogP contribution is -2.45. The van der Waals surface area contributed by atoms with E-state index in [2.05, 4.69) is 13.8 Å². The second-order valence-electron chi connectivity index (χ2n) is 6.10. The first-order chi connectivity index (χ1) is 8.58. The fraction of sp³-hybridized carbons (Fsp3) is 0.857. The molecule has 5 nitrogen and oxygen atoms in total. The Kier molecular flexibility index (Phi) is 6.87. The highest BCUT2D eigenvalue weighted by Crippen LogP contribution is 2.16. The van der Waals surface area contributed by atoms with Gasteiger partial charge < -0.3 is 9.47 Å². The standard InChI is InChI=1S/C14H27NO4/c1-10(2)8-9-11(12(16)18-7)15(6)13(17)19-14(3,4)5/h10-11H,8-9H2,1-7H3. The van der Waals surface area contributed by atoms with Gasteiger partial charge in [0.25, 0.3) is 0 Å². The molecule has 0 heterocycles. The highest BCUT2D eigenvalue weighted by molar-refractivity contribution is 5.81. The Morgan fingerprint density at radius 2 is 1.68 bits per heavy atom. The first-order valence-electron chi connectivity index (χ1n) is 6.62. The van der Waals surface area contributed by atoms with Gasteiger partial charge in [-0.15, -0.1) is 0 Å². The third-order valence-electron chi connectivity index (χ3n) is 2.64. The van der Waals surface area contributed by atoms with Crippen molar-refractivity contribution in [3.8, 4) is 0 Å². The largest absolute Gasteiger partial charge is 0.467 e. The predicted molar refractivity (Wildman–Crippen MR) is 73.9 cm³/mol. The molecule has 0 radical (unpaired) electrons. The molecule has 19 heavy (non-hydrogen) atoms. The molecular weight excluding hydrogens is 246 g/mol. The van der Waals surface area contributed by atoms with E-state index in [0.29, 0.717) is 12.3 Å². The quantitative estimate of drug-likeness (QED) is 0.723. The van der Waals surface area contributed by atoms with Crippen LogP contribution in [-0.4, -0.2) is 42.8 Å². The minimum absolute atomic E-state index is 0.408. The van der Waals surface area contributed by atoms with Crippen LogP contribution in [0.25, 0.3) is 0 Å². The van der Waals surface area contributed by atoms with Crippen LogP contribution in [0.4, 0.5) is 4.79 Å². The minimum Gasteiger partial charge on any atom is -0.467 e. The second-order valence-corrected chi connectivity index (χ2v) is 6.10. The summed E-state index contributed by atoms with van der Waals surface area (Å²) in [5, 5.41) is 0. The number of hydrogen-bond acceptors (Lipinski definition) is 4. The van der Waals surface area contributed by atoms with Gasteiger partial charge in [0.1, 0.15) is 11.6 Å². The van der Waals surface area contributed by atoms with Crippen LogP contribution in [0.3, 0.4) is 0 Å². The molecule has 1 atom stereocenters. The summed E-state index contributed by atoms with van der Waals surface area (Å²) in [6.07, 6.45) is 0.902. The van der Waals surface area contributed by atoms with Crippen molar-refractivity contribution in [1.82, 2.24) is 4.90 Å². The van der Waals surface area contributed by atoms with Gasteiger partial charge in [0.2, 0.25) is 0 Å². The molecule has 0 N–H and O–H groups in total. The Labute approximate surface area is 116 Å². The van der Waals surface area contributed by atoms with Crippen molar-refractivity contribution >= 4 is 12.1 Å². The lowest BCUT2D eigenvalue weighted by Gasteiger charge is -2.29. The molecule has 112 valence electrons. The van der Waals surface area contributed by atoms with Crippen LogP contribution < -0.4 is 0 Å². The van der Waals surface area contributed by atoms with E-state index in [1.807, 2.05) is 0 Å². The van der Waals surface area contributed by atoms with E-state index >= 15 is 0 Å². The molecule has 0 aromatic rings. The molecule has 0 aromatic heterocycles. The van der Waals surface area contributed by atoms with Gasteiger partial charge in [0.05, 0.1) is 7.11 Å². The van der Waals surface area contributed by atoms with E-state index in [0.717, 1.165) is 6.42 Å². The van der Waals surface area contributed by atoms with Crippen molar-refractivity contribution in [3.63, 3.8) is 0 Å². The molecule has 0 saturated carbocycles. The zero-order chi connectivity index (χ0) is 15.2.